The number of anilines is 1. The molecule has 0 spiro atoms. The molecule has 0 saturated carbocycles. The molecule has 4 heteroatoms. The Bertz CT molecular complexity index is 420. The Labute approximate surface area is 115 Å². The largest absolute Gasteiger partial charge is 0.381 e. The van der Waals surface area contributed by atoms with Crippen molar-refractivity contribution in [3.05, 3.63) is 29.8 Å². The topological polar surface area (TPSA) is 44.4 Å². The monoisotopic (exact) mass is 261 g/mol. The number of amides is 1. The number of nitrogens with one attached hydrogen (secondary N) is 2. The molecule has 1 heterocycles. The summed E-state index contributed by atoms with van der Waals surface area (Å²) in [6, 6.07) is 9.30. The van der Waals surface area contributed by atoms with Crippen molar-refractivity contribution in [2.45, 2.75) is 31.8 Å². The number of carbonyl (C=O) groups is 1. The lowest BCUT2D eigenvalue weighted by molar-refractivity contribution is -0.119. The zero-order valence-corrected chi connectivity index (χ0v) is 11.9. The van der Waals surface area contributed by atoms with Gasteiger partial charge in [-0.3, -0.25) is 4.79 Å². The third kappa shape index (κ3) is 3.70. The van der Waals surface area contributed by atoms with Gasteiger partial charge >= 0.3 is 0 Å². The maximum Gasteiger partial charge on any atom is 0.224 e. The van der Waals surface area contributed by atoms with Crippen LogP contribution in [0, 0.1) is 0 Å². The lowest BCUT2D eigenvalue weighted by atomic mass is 10.1. The highest BCUT2D eigenvalue weighted by molar-refractivity contribution is 5.78. The van der Waals surface area contributed by atoms with Gasteiger partial charge in [0, 0.05) is 31.4 Å². The molecular weight excluding hydrogens is 238 g/mol. The van der Waals surface area contributed by atoms with Gasteiger partial charge in [-0.25, -0.2) is 0 Å². The summed E-state index contributed by atoms with van der Waals surface area (Å²) in [6.07, 6.45) is 1.62. The Hall–Kier alpha value is -1.55. The summed E-state index contributed by atoms with van der Waals surface area (Å²) in [5.41, 5.74) is 2.18. The second-order valence-electron chi connectivity index (χ2n) is 5.41. The number of hydrogen-bond donors (Lipinski definition) is 2. The normalized spacial score (nSPS) is 23.3. The van der Waals surface area contributed by atoms with Crippen LogP contribution in [0.1, 0.15) is 18.9 Å². The smallest absolute Gasteiger partial charge is 0.224 e. The summed E-state index contributed by atoms with van der Waals surface area (Å²) >= 11 is 0. The Morgan fingerprint density at radius 3 is 2.58 bits per heavy atom. The van der Waals surface area contributed by atoms with Gasteiger partial charge in [-0.2, -0.15) is 0 Å². The van der Waals surface area contributed by atoms with E-state index in [1.54, 1.807) is 7.05 Å². The van der Waals surface area contributed by atoms with Crippen molar-refractivity contribution in [3.63, 3.8) is 0 Å². The lowest BCUT2D eigenvalue weighted by Crippen LogP contribution is -2.24. The van der Waals surface area contributed by atoms with Crippen LogP contribution in [0.15, 0.2) is 24.3 Å². The molecule has 2 atom stereocenters. The number of benzene rings is 1. The van der Waals surface area contributed by atoms with Crippen LogP contribution in [0.25, 0.3) is 0 Å². The Morgan fingerprint density at radius 2 is 2.05 bits per heavy atom. The summed E-state index contributed by atoms with van der Waals surface area (Å²) in [4.78, 5) is 13.7. The van der Waals surface area contributed by atoms with Crippen molar-refractivity contribution in [2.75, 3.05) is 26.0 Å². The minimum atomic E-state index is 0.0481. The SMILES string of the molecule is CNC(=O)Cc1ccc(NC2CC(C)N(C)C2)cc1. The first-order valence-electron chi connectivity index (χ1n) is 6.85. The second kappa shape index (κ2) is 6.06. The molecule has 1 aliphatic rings. The first-order chi connectivity index (χ1) is 9.08. The third-order valence-corrected chi connectivity index (χ3v) is 3.85. The van der Waals surface area contributed by atoms with Crippen molar-refractivity contribution in [1.82, 2.24) is 10.2 Å². The van der Waals surface area contributed by atoms with Crippen molar-refractivity contribution in [1.29, 1.82) is 0 Å². The summed E-state index contributed by atoms with van der Waals surface area (Å²) in [7, 11) is 3.83. The highest BCUT2D eigenvalue weighted by Gasteiger charge is 2.25. The van der Waals surface area contributed by atoms with Crippen molar-refractivity contribution in [3.8, 4) is 0 Å². The molecule has 19 heavy (non-hydrogen) atoms. The van der Waals surface area contributed by atoms with Crippen LogP contribution < -0.4 is 10.6 Å². The van der Waals surface area contributed by atoms with Crippen LogP contribution >= 0.6 is 0 Å². The number of rotatable bonds is 4. The van der Waals surface area contributed by atoms with Crippen LogP contribution in [-0.4, -0.2) is 43.5 Å². The van der Waals surface area contributed by atoms with E-state index < -0.39 is 0 Å². The average molecular weight is 261 g/mol. The van der Waals surface area contributed by atoms with E-state index >= 15 is 0 Å². The summed E-state index contributed by atoms with van der Waals surface area (Å²) < 4.78 is 0. The van der Waals surface area contributed by atoms with Crippen molar-refractivity contribution in [2.24, 2.45) is 0 Å². The van der Waals surface area contributed by atoms with E-state index in [1.165, 1.54) is 6.42 Å². The van der Waals surface area contributed by atoms with Crippen LogP contribution in [0.3, 0.4) is 0 Å². The fraction of sp³-hybridized carbons (Fsp3) is 0.533. The molecule has 1 fully saturated rings. The minimum Gasteiger partial charge on any atom is -0.381 e. The molecular formula is C15H23N3O. The summed E-state index contributed by atoms with van der Waals surface area (Å²) in [6.45, 7) is 3.34. The maximum absolute atomic E-state index is 11.3. The number of likely N-dealkylation sites (tertiary alicyclic amines) is 1. The molecule has 1 aromatic rings. The molecule has 1 saturated heterocycles. The highest BCUT2D eigenvalue weighted by atomic mass is 16.1. The second-order valence-corrected chi connectivity index (χ2v) is 5.41. The Kier molecular flexibility index (Phi) is 4.43. The highest BCUT2D eigenvalue weighted by Crippen LogP contribution is 2.20. The molecule has 2 rings (SSSR count). The standard InChI is InChI=1S/C15H23N3O/c1-11-8-14(10-18(11)3)17-13-6-4-12(5-7-13)9-15(19)16-2/h4-7,11,14,17H,8-10H2,1-3H3,(H,16,19). The van der Waals surface area contributed by atoms with Crippen LogP contribution in [0.4, 0.5) is 5.69 Å². The fourth-order valence-corrected chi connectivity index (χ4v) is 2.53. The Balaban J connectivity index is 1.90. The van der Waals surface area contributed by atoms with E-state index in [0.717, 1.165) is 17.8 Å². The molecule has 0 radical (unpaired) electrons. The zero-order valence-electron chi connectivity index (χ0n) is 11.9. The van der Waals surface area contributed by atoms with Crippen molar-refractivity contribution >= 4 is 11.6 Å². The molecule has 0 aliphatic carbocycles. The van der Waals surface area contributed by atoms with Gasteiger partial charge in [0.15, 0.2) is 0 Å². The van der Waals surface area contributed by atoms with E-state index in [0.29, 0.717) is 18.5 Å². The van der Waals surface area contributed by atoms with Gasteiger partial charge in [0.1, 0.15) is 0 Å². The molecule has 1 aliphatic heterocycles. The van der Waals surface area contributed by atoms with Gasteiger partial charge in [-0.05, 0) is 38.1 Å². The molecule has 4 nitrogen and oxygen atoms in total. The number of likely N-dealkylation sites (N-methyl/N-ethyl adjacent to an activating group) is 2. The van der Waals surface area contributed by atoms with Gasteiger partial charge in [-0.15, -0.1) is 0 Å². The van der Waals surface area contributed by atoms with Crippen LogP contribution in [0.5, 0.6) is 0 Å². The number of hydrogen-bond acceptors (Lipinski definition) is 3. The van der Waals surface area contributed by atoms with Gasteiger partial charge < -0.3 is 15.5 Å². The zero-order chi connectivity index (χ0) is 13.8. The molecule has 0 aromatic heterocycles. The average Bonchev–Trinajstić information content (AvgIpc) is 2.70. The third-order valence-electron chi connectivity index (χ3n) is 3.85. The van der Waals surface area contributed by atoms with Crippen LogP contribution in [0.2, 0.25) is 0 Å². The predicted octanol–water partition coefficient (Wildman–Crippen LogP) is 1.48. The minimum absolute atomic E-state index is 0.0481. The van der Waals surface area contributed by atoms with Gasteiger partial charge in [0.2, 0.25) is 5.91 Å². The predicted molar refractivity (Wildman–Crippen MR) is 78.3 cm³/mol. The van der Waals surface area contributed by atoms with E-state index in [9.17, 15) is 4.79 Å². The van der Waals surface area contributed by atoms with Crippen molar-refractivity contribution < 1.29 is 4.79 Å². The lowest BCUT2D eigenvalue weighted by Gasteiger charge is -2.14. The quantitative estimate of drug-likeness (QED) is 0.863. The van der Waals surface area contributed by atoms with Gasteiger partial charge in [0.05, 0.1) is 6.42 Å². The van der Waals surface area contributed by atoms with E-state index in [4.69, 9.17) is 0 Å². The first kappa shape index (κ1) is 13.9. The van der Waals surface area contributed by atoms with E-state index in [2.05, 4.69) is 41.6 Å². The first-order valence-corrected chi connectivity index (χ1v) is 6.85. The molecule has 2 unspecified atom stereocenters. The molecule has 1 aromatic carbocycles. The molecule has 104 valence electrons. The van der Waals surface area contributed by atoms with Crippen LogP contribution in [-0.2, 0) is 11.2 Å². The van der Waals surface area contributed by atoms with Gasteiger partial charge in [-0.1, -0.05) is 12.1 Å². The molecule has 1 amide bonds. The summed E-state index contributed by atoms with van der Waals surface area (Å²) in [5.74, 6) is 0.0481. The molecule has 0 bridgehead atoms. The number of nitrogens with zero attached hydrogens (tertiary/aromatic N) is 1. The number of carbonyl (C=O) groups excluding carboxylic acids is 1. The van der Waals surface area contributed by atoms with E-state index in [-0.39, 0.29) is 5.91 Å². The summed E-state index contributed by atoms with van der Waals surface area (Å²) in [5, 5.41) is 6.19. The van der Waals surface area contributed by atoms with E-state index in [1.807, 2.05) is 12.1 Å². The Morgan fingerprint density at radius 1 is 1.37 bits per heavy atom. The molecule has 2 N–H and O–H groups in total. The maximum atomic E-state index is 11.3. The fourth-order valence-electron chi connectivity index (χ4n) is 2.53. The van der Waals surface area contributed by atoms with Gasteiger partial charge in [0.25, 0.3) is 0 Å².